The van der Waals surface area contributed by atoms with Crippen LogP contribution in [0.2, 0.25) is 0 Å². The summed E-state index contributed by atoms with van der Waals surface area (Å²) in [6.07, 6.45) is 1.00. The lowest BCUT2D eigenvalue weighted by molar-refractivity contribution is 0.384. The first-order chi connectivity index (χ1) is 6.56. The molecule has 0 saturated carbocycles. The molecule has 4 nitrogen and oxygen atoms in total. The van der Waals surface area contributed by atoms with Gasteiger partial charge in [0.2, 0.25) is 0 Å². The Kier molecular flexibility index (Phi) is 2.31. The van der Waals surface area contributed by atoms with E-state index in [0.717, 1.165) is 37.7 Å². The van der Waals surface area contributed by atoms with Crippen molar-refractivity contribution in [2.75, 3.05) is 6.54 Å². The van der Waals surface area contributed by atoms with Crippen molar-refractivity contribution in [3.8, 4) is 0 Å². The van der Waals surface area contributed by atoms with Crippen LogP contribution in [0.15, 0.2) is 0 Å². The normalized spacial score (nSPS) is 16.8. The van der Waals surface area contributed by atoms with Crippen molar-refractivity contribution in [2.45, 2.75) is 40.3 Å². The van der Waals surface area contributed by atoms with E-state index in [1.807, 2.05) is 0 Å². The van der Waals surface area contributed by atoms with Crippen LogP contribution in [-0.4, -0.2) is 21.3 Å². The van der Waals surface area contributed by atoms with Gasteiger partial charge in [-0.1, -0.05) is 20.8 Å². The van der Waals surface area contributed by atoms with Gasteiger partial charge in [0.25, 0.3) is 0 Å². The molecule has 78 valence electrons. The second-order valence-electron chi connectivity index (χ2n) is 5.10. The molecule has 0 bridgehead atoms. The van der Waals surface area contributed by atoms with Crippen molar-refractivity contribution in [1.29, 1.82) is 0 Å². The maximum Gasteiger partial charge on any atom is 0.147 e. The zero-order valence-corrected chi connectivity index (χ0v) is 9.17. The summed E-state index contributed by atoms with van der Waals surface area (Å²) in [5, 5.41) is 11.7. The molecule has 1 aliphatic heterocycles. The van der Waals surface area contributed by atoms with Gasteiger partial charge >= 0.3 is 0 Å². The Labute approximate surface area is 84.7 Å². The van der Waals surface area contributed by atoms with Crippen LogP contribution in [0.4, 0.5) is 0 Å². The average Bonchev–Trinajstić information content (AvgIpc) is 2.47. The number of fused-ring (bicyclic) bond motifs is 1. The highest BCUT2D eigenvalue weighted by molar-refractivity contribution is 5.00. The molecule has 0 unspecified atom stereocenters. The zero-order valence-electron chi connectivity index (χ0n) is 9.17. The Hall–Kier alpha value is -0.900. The highest BCUT2D eigenvalue weighted by Crippen LogP contribution is 2.20. The van der Waals surface area contributed by atoms with Gasteiger partial charge in [-0.05, 0) is 5.41 Å². The van der Waals surface area contributed by atoms with Crippen molar-refractivity contribution in [3.63, 3.8) is 0 Å². The lowest BCUT2D eigenvalue weighted by Crippen LogP contribution is -2.29. The molecular formula is C10H18N4. The van der Waals surface area contributed by atoms with Gasteiger partial charge in [0.1, 0.15) is 11.6 Å². The van der Waals surface area contributed by atoms with E-state index in [0.29, 0.717) is 0 Å². The van der Waals surface area contributed by atoms with E-state index in [4.69, 9.17) is 0 Å². The molecule has 1 aromatic rings. The van der Waals surface area contributed by atoms with E-state index in [1.165, 1.54) is 0 Å². The Balaban J connectivity index is 2.22. The lowest BCUT2D eigenvalue weighted by atomic mass is 9.92. The lowest BCUT2D eigenvalue weighted by Gasteiger charge is -2.20. The molecule has 2 heterocycles. The molecule has 0 atom stereocenters. The molecule has 2 rings (SSSR count). The van der Waals surface area contributed by atoms with Crippen LogP contribution in [0.1, 0.15) is 32.4 Å². The maximum absolute atomic E-state index is 4.26. The first-order valence-corrected chi connectivity index (χ1v) is 5.18. The van der Waals surface area contributed by atoms with E-state index < -0.39 is 0 Å². The van der Waals surface area contributed by atoms with E-state index in [-0.39, 0.29) is 5.41 Å². The molecule has 1 aliphatic rings. The highest BCUT2D eigenvalue weighted by atomic mass is 15.3. The topological polar surface area (TPSA) is 42.7 Å². The van der Waals surface area contributed by atoms with Crippen molar-refractivity contribution in [1.82, 2.24) is 20.1 Å². The Morgan fingerprint density at radius 3 is 2.86 bits per heavy atom. The van der Waals surface area contributed by atoms with Crippen LogP contribution in [-0.2, 0) is 19.5 Å². The second kappa shape index (κ2) is 3.35. The minimum Gasteiger partial charge on any atom is -0.313 e. The van der Waals surface area contributed by atoms with Crippen molar-refractivity contribution in [2.24, 2.45) is 5.41 Å². The summed E-state index contributed by atoms with van der Waals surface area (Å²) in [5.41, 5.74) is 0.286. The second-order valence-corrected chi connectivity index (χ2v) is 5.10. The van der Waals surface area contributed by atoms with Gasteiger partial charge in [-0.3, -0.25) is 0 Å². The van der Waals surface area contributed by atoms with Crippen molar-refractivity contribution >= 4 is 0 Å². The minimum atomic E-state index is 0.286. The van der Waals surface area contributed by atoms with Crippen LogP contribution in [0.3, 0.4) is 0 Å². The molecule has 1 aromatic heterocycles. The molecular weight excluding hydrogens is 176 g/mol. The van der Waals surface area contributed by atoms with Gasteiger partial charge in [-0.25, -0.2) is 0 Å². The van der Waals surface area contributed by atoms with Gasteiger partial charge in [-0.2, -0.15) is 0 Å². The third-order valence-corrected chi connectivity index (χ3v) is 2.39. The summed E-state index contributed by atoms with van der Waals surface area (Å²) in [7, 11) is 0. The monoisotopic (exact) mass is 194 g/mol. The number of hydrogen-bond donors (Lipinski definition) is 1. The van der Waals surface area contributed by atoms with Gasteiger partial charge in [0.05, 0.1) is 6.54 Å². The molecule has 0 amide bonds. The zero-order chi connectivity index (χ0) is 10.2. The number of rotatable bonds is 1. The Bertz CT molecular complexity index is 321. The fourth-order valence-corrected chi connectivity index (χ4v) is 1.76. The van der Waals surface area contributed by atoms with E-state index in [1.54, 1.807) is 0 Å². The third kappa shape index (κ3) is 1.95. The highest BCUT2D eigenvalue weighted by Gasteiger charge is 2.20. The standard InChI is InChI=1S/C10H18N4/c1-10(2,3)6-8-12-13-9-7-11-4-5-14(8)9/h11H,4-7H2,1-3H3. The minimum absolute atomic E-state index is 0.286. The van der Waals surface area contributed by atoms with Gasteiger partial charge < -0.3 is 9.88 Å². The summed E-state index contributed by atoms with van der Waals surface area (Å²) in [5.74, 6) is 2.21. The molecule has 14 heavy (non-hydrogen) atoms. The smallest absolute Gasteiger partial charge is 0.147 e. The molecule has 0 radical (unpaired) electrons. The van der Waals surface area contributed by atoms with Gasteiger partial charge in [0, 0.05) is 19.5 Å². The number of aromatic nitrogens is 3. The molecule has 0 spiro atoms. The van der Waals surface area contributed by atoms with Crippen molar-refractivity contribution in [3.05, 3.63) is 11.6 Å². The SMILES string of the molecule is CC(C)(C)Cc1nnc2n1CCNC2. The van der Waals surface area contributed by atoms with Gasteiger partial charge in [-0.15, -0.1) is 10.2 Å². The predicted molar refractivity (Wildman–Crippen MR) is 54.9 cm³/mol. The largest absolute Gasteiger partial charge is 0.313 e. The van der Waals surface area contributed by atoms with Crippen LogP contribution in [0, 0.1) is 5.41 Å². The van der Waals surface area contributed by atoms with Crippen LogP contribution in [0.5, 0.6) is 0 Å². The number of nitrogens with zero attached hydrogens (tertiary/aromatic N) is 3. The Morgan fingerprint density at radius 1 is 1.36 bits per heavy atom. The Morgan fingerprint density at radius 2 is 2.14 bits per heavy atom. The van der Waals surface area contributed by atoms with Crippen LogP contribution < -0.4 is 5.32 Å². The third-order valence-electron chi connectivity index (χ3n) is 2.39. The molecule has 1 N–H and O–H groups in total. The summed E-state index contributed by atoms with van der Waals surface area (Å²) in [4.78, 5) is 0. The van der Waals surface area contributed by atoms with E-state index in [2.05, 4.69) is 40.9 Å². The molecule has 0 aliphatic carbocycles. The molecule has 0 fully saturated rings. The van der Waals surface area contributed by atoms with Crippen molar-refractivity contribution < 1.29 is 0 Å². The molecule has 0 aromatic carbocycles. The number of hydrogen-bond acceptors (Lipinski definition) is 3. The van der Waals surface area contributed by atoms with Gasteiger partial charge in [0.15, 0.2) is 0 Å². The fraction of sp³-hybridized carbons (Fsp3) is 0.800. The predicted octanol–water partition coefficient (Wildman–Crippen LogP) is 0.970. The fourth-order valence-electron chi connectivity index (χ4n) is 1.76. The molecule has 0 saturated heterocycles. The average molecular weight is 194 g/mol. The first-order valence-electron chi connectivity index (χ1n) is 5.18. The van der Waals surface area contributed by atoms with Crippen LogP contribution in [0.25, 0.3) is 0 Å². The molecule has 4 heteroatoms. The summed E-state index contributed by atoms with van der Waals surface area (Å²) in [6, 6.07) is 0. The first kappa shape index (κ1) is 9.65. The van der Waals surface area contributed by atoms with Crippen LogP contribution >= 0.6 is 0 Å². The number of nitrogens with one attached hydrogen (secondary N) is 1. The van der Waals surface area contributed by atoms with E-state index >= 15 is 0 Å². The summed E-state index contributed by atoms with van der Waals surface area (Å²) in [6.45, 7) is 9.59. The maximum atomic E-state index is 4.26. The quantitative estimate of drug-likeness (QED) is 0.724. The summed E-state index contributed by atoms with van der Waals surface area (Å²) >= 11 is 0. The summed E-state index contributed by atoms with van der Waals surface area (Å²) < 4.78 is 2.25. The van der Waals surface area contributed by atoms with E-state index in [9.17, 15) is 0 Å².